The zero-order valence-corrected chi connectivity index (χ0v) is 10.9. The first-order valence-corrected chi connectivity index (χ1v) is 5.31. The average Bonchev–Trinajstić information content (AvgIpc) is 2.15. The molecule has 0 spiro atoms. The van der Waals surface area contributed by atoms with Crippen LogP contribution in [0.5, 0.6) is 0 Å². The summed E-state index contributed by atoms with van der Waals surface area (Å²) < 4.78 is 0. The number of hydrogen-bond acceptors (Lipinski definition) is 1. The third-order valence-corrected chi connectivity index (χ3v) is 2.64. The van der Waals surface area contributed by atoms with Gasteiger partial charge in [-0.1, -0.05) is 52.0 Å². The van der Waals surface area contributed by atoms with Gasteiger partial charge < -0.3 is 5.73 Å². The summed E-state index contributed by atoms with van der Waals surface area (Å²) in [5.41, 5.74) is 8.79. The fourth-order valence-corrected chi connectivity index (χ4v) is 1.47. The van der Waals surface area contributed by atoms with Gasteiger partial charge in [-0.25, -0.2) is 0 Å². The van der Waals surface area contributed by atoms with Gasteiger partial charge in [-0.15, -0.1) is 12.4 Å². The number of halogens is 1. The lowest BCUT2D eigenvalue weighted by atomic mass is 9.86. The predicted octanol–water partition coefficient (Wildman–Crippen LogP) is 3.82. The van der Waals surface area contributed by atoms with Crippen LogP contribution >= 0.6 is 12.4 Å². The molecule has 0 aliphatic heterocycles. The van der Waals surface area contributed by atoms with Crippen LogP contribution < -0.4 is 5.73 Å². The van der Waals surface area contributed by atoms with Crippen LogP contribution in [0.1, 0.15) is 51.3 Å². The first-order chi connectivity index (χ1) is 6.45. The van der Waals surface area contributed by atoms with Gasteiger partial charge in [-0.2, -0.15) is 0 Å². The Kier molecular flexibility index (Phi) is 5.33. The predicted molar refractivity (Wildman–Crippen MR) is 69.6 cm³/mol. The van der Waals surface area contributed by atoms with Gasteiger partial charge in [0.15, 0.2) is 0 Å². The second-order valence-corrected chi connectivity index (χ2v) is 4.89. The normalized spacial score (nSPS) is 13.1. The fourth-order valence-electron chi connectivity index (χ4n) is 1.47. The summed E-state index contributed by atoms with van der Waals surface area (Å²) in [6.45, 7) is 8.79. The molecule has 0 bridgehead atoms. The minimum Gasteiger partial charge on any atom is -0.324 e. The highest BCUT2D eigenvalue weighted by molar-refractivity contribution is 5.85. The third-order valence-electron chi connectivity index (χ3n) is 2.64. The molecular formula is C13H22ClN. The molecule has 15 heavy (non-hydrogen) atoms. The highest BCUT2D eigenvalue weighted by atomic mass is 35.5. The molecule has 1 aromatic rings. The fraction of sp³-hybridized carbons (Fsp3) is 0.538. The van der Waals surface area contributed by atoms with Crippen molar-refractivity contribution in [1.29, 1.82) is 0 Å². The topological polar surface area (TPSA) is 26.0 Å². The molecule has 0 aliphatic carbocycles. The van der Waals surface area contributed by atoms with Gasteiger partial charge in [-0.05, 0) is 23.0 Å². The van der Waals surface area contributed by atoms with Gasteiger partial charge in [0, 0.05) is 6.04 Å². The molecule has 0 heterocycles. The number of benzene rings is 1. The molecule has 1 aromatic carbocycles. The molecule has 0 saturated heterocycles. The largest absolute Gasteiger partial charge is 0.324 e. The van der Waals surface area contributed by atoms with Crippen molar-refractivity contribution in [2.24, 2.45) is 5.73 Å². The molecule has 0 aliphatic rings. The first kappa shape index (κ1) is 14.5. The van der Waals surface area contributed by atoms with E-state index in [1.807, 2.05) is 0 Å². The Morgan fingerprint density at radius 3 is 1.93 bits per heavy atom. The Bertz CT molecular complexity index is 284. The number of nitrogens with two attached hydrogens (primary N) is 1. The molecular weight excluding hydrogens is 206 g/mol. The van der Waals surface area contributed by atoms with E-state index < -0.39 is 0 Å². The van der Waals surface area contributed by atoms with Crippen LogP contribution in [0.2, 0.25) is 0 Å². The molecule has 1 nitrogen and oxygen atoms in total. The maximum absolute atomic E-state index is 5.95. The second kappa shape index (κ2) is 5.53. The minimum absolute atomic E-state index is 0. The van der Waals surface area contributed by atoms with E-state index in [9.17, 15) is 0 Å². The summed E-state index contributed by atoms with van der Waals surface area (Å²) >= 11 is 0. The Labute approximate surface area is 99.5 Å². The van der Waals surface area contributed by atoms with Crippen LogP contribution in [0.15, 0.2) is 24.3 Å². The minimum atomic E-state index is 0. The smallest absolute Gasteiger partial charge is 0.0292 e. The van der Waals surface area contributed by atoms with Crippen LogP contribution in [-0.4, -0.2) is 0 Å². The van der Waals surface area contributed by atoms with Crippen LogP contribution in [0.25, 0.3) is 0 Å². The summed E-state index contributed by atoms with van der Waals surface area (Å²) in [4.78, 5) is 0. The highest BCUT2D eigenvalue weighted by Crippen LogP contribution is 2.23. The maximum Gasteiger partial charge on any atom is 0.0292 e. The van der Waals surface area contributed by atoms with E-state index in [1.165, 1.54) is 11.1 Å². The van der Waals surface area contributed by atoms with Gasteiger partial charge in [0.05, 0.1) is 0 Å². The van der Waals surface area contributed by atoms with Crippen LogP contribution in [-0.2, 0) is 5.41 Å². The van der Waals surface area contributed by atoms with Crippen LogP contribution in [0.3, 0.4) is 0 Å². The van der Waals surface area contributed by atoms with E-state index in [-0.39, 0.29) is 23.9 Å². The van der Waals surface area contributed by atoms with Crippen molar-refractivity contribution < 1.29 is 0 Å². The van der Waals surface area contributed by atoms with Crippen molar-refractivity contribution in [3.8, 4) is 0 Å². The molecule has 0 fully saturated rings. The summed E-state index contributed by atoms with van der Waals surface area (Å²) in [5, 5.41) is 0. The molecule has 0 saturated carbocycles. The van der Waals surface area contributed by atoms with Gasteiger partial charge in [0.2, 0.25) is 0 Å². The molecule has 86 valence electrons. The average molecular weight is 228 g/mol. The summed E-state index contributed by atoms with van der Waals surface area (Å²) in [6.07, 6.45) is 0.995. The van der Waals surface area contributed by atoms with E-state index in [2.05, 4.69) is 52.0 Å². The van der Waals surface area contributed by atoms with E-state index in [0.29, 0.717) is 0 Å². The standard InChI is InChI=1S/C13H21N.ClH/c1-5-12(14)10-6-8-11(9-7-10)13(2,3)4;/h6-9,12H,5,14H2,1-4H3;1H. The van der Waals surface area contributed by atoms with E-state index in [4.69, 9.17) is 5.73 Å². The molecule has 1 atom stereocenters. The third kappa shape index (κ3) is 3.84. The zero-order chi connectivity index (χ0) is 10.8. The molecule has 0 aromatic heterocycles. The quantitative estimate of drug-likeness (QED) is 0.817. The zero-order valence-electron chi connectivity index (χ0n) is 10.1. The van der Waals surface area contributed by atoms with Crippen molar-refractivity contribution in [2.75, 3.05) is 0 Å². The van der Waals surface area contributed by atoms with Crippen LogP contribution in [0.4, 0.5) is 0 Å². The van der Waals surface area contributed by atoms with Crippen molar-refractivity contribution >= 4 is 12.4 Å². The first-order valence-electron chi connectivity index (χ1n) is 5.31. The Balaban J connectivity index is 0.00000196. The lowest BCUT2D eigenvalue weighted by molar-refractivity contribution is 0.589. The second-order valence-electron chi connectivity index (χ2n) is 4.89. The summed E-state index contributed by atoms with van der Waals surface area (Å²) in [7, 11) is 0. The van der Waals surface area contributed by atoms with E-state index in [1.54, 1.807) is 0 Å². The van der Waals surface area contributed by atoms with Crippen LogP contribution in [0, 0.1) is 0 Å². The van der Waals surface area contributed by atoms with Gasteiger partial charge >= 0.3 is 0 Å². The van der Waals surface area contributed by atoms with Gasteiger partial charge in [-0.3, -0.25) is 0 Å². The van der Waals surface area contributed by atoms with Crippen molar-refractivity contribution in [3.63, 3.8) is 0 Å². The van der Waals surface area contributed by atoms with E-state index >= 15 is 0 Å². The van der Waals surface area contributed by atoms with Crippen molar-refractivity contribution in [2.45, 2.75) is 45.6 Å². The van der Waals surface area contributed by atoms with Crippen molar-refractivity contribution in [1.82, 2.24) is 0 Å². The summed E-state index contributed by atoms with van der Waals surface area (Å²) in [6, 6.07) is 8.85. The molecule has 0 radical (unpaired) electrons. The Morgan fingerprint density at radius 1 is 1.13 bits per heavy atom. The Hall–Kier alpha value is -0.530. The highest BCUT2D eigenvalue weighted by Gasteiger charge is 2.13. The molecule has 2 N–H and O–H groups in total. The van der Waals surface area contributed by atoms with Gasteiger partial charge in [0.25, 0.3) is 0 Å². The SMILES string of the molecule is CCC(N)c1ccc(C(C)(C)C)cc1.Cl. The molecule has 1 unspecified atom stereocenters. The maximum atomic E-state index is 5.95. The lowest BCUT2D eigenvalue weighted by Gasteiger charge is -2.20. The molecule has 1 rings (SSSR count). The number of rotatable bonds is 2. The van der Waals surface area contributed by atoms with Crippen molar-refractivity contribution in [3.05, 3.63) is 35.4 Å². The molecule has 0 amide bonds. The number of hydrogen-bond donors (Lipinski definition) is 1. The van der Waals surface area contributed by atoms with Gasteiger partial charge in [0.1, 0.15) is 0 Å². The lowest BCUT2D eigenvalue weighted by Crippen LogP contribution is -2.12. The molecule has 2 heteroatoms. The summed E-state index contributed by atoms with van der Waals surface area (Å²) in [5.74, 6) is 0. The Morgan fingerprint density at radius 2 is 1.60 bits per heavy atom. The monoisotopic (exact) mass is 227 g/mol. The van der Waals surface area contributed by atoms with E-state index in [0.717, 1.165) is 6.42 Å².